The molecule has 0 saturated heterocycles. The predicted octanol–water partition coefficient (Wildman–Crippen LogP) is 1.52. The number of aliphatic hydroxyl groups excluding tert-OH is 1. The van der Waals surface area contributed by atoms with Gasteiger partial charge in [-0.05, 0) is 18.1 Å². The number of aliphatic hydroxyl groups is 1. The number of carbonyl (C=O) groups excluding carboxylic acids is 1. The van der Waals surface area contributed by atoms with Gasteiger partial charge in [-0.3, -0.25) is 9.78 Å². The lowest BCUT2D eigenvalue weighted by atomic mass is 9.96. The maximum atomic E-state index is 12.7. The van der Waals surface area contributed by atoms with Crippen LogP contribution in [0.3, 0.4) is 0 Å². The van der Waals surface area contributed by atoms with E-state index in [9.17, 15) is 9.90 Å². The van der Waals surface area contributed by atoms with Crippen LogP contribution in [0.15, 0.2) is 42.9 Å². The number of nitrogens with one attached hydrogen (secondary N) is 1. The van der Waals surface area contributed by atoms with Gasteiger partial charge in [-0.2, -0.15) is 0 Å². The van der Waals surface area contributed by atoms with Gasteiger partial charge in [0.2, 0.25) is 0 Å². The zero-order valence-corrected chi connectivity index (χ0v) is 12.4. The molecule has 0 fully saturated rings. The zero-order valence-electron chi connectivity index (χ0n) is 12.4. The second kappa shape index (κ2) is 5.48. The smallest absolute Gasteiger partial charge is 0.274 e. The number of amides is 1. The van der Waals surface area contributed by atoms with E-state index in [0.29, 0.717) is 18.7 Å². The number of nitrogens with zero attached hydrogens (tertiary/aromatic N) is 3. The zero-order chi connectivity index (χ0) is 15.8. The van der Waals surface area contributed by atoms with Gasteiger partial charge in [0.05, 0.1) is 25.4 Å². The number of H-pyrrole nitrogens is 1. The van der Waals surface area contributed by atoms with Crippen molar-refractivity contribution in [3.63, 3.8) is 0 Å². The first-order chi connectivity index (χ1) is 11.3. The summed E-state index contributed by atoms with van der Waals surface area (Å²) in [5, 5.41) is 10.9. The maximum Gasteiger partial charge on any atom is 0.274 e. The molecule has 1 aromatic carbocycles. The summed E-state index contributed by atoms with van der Waals surface area (Å²) >= 11 is 0. The Morgan fingerprint density at radius 3 is 3.00 bits per heavy atom. The van der Waals surface area contributed by atoms with Gasteiger partial charge in [-0.1, -0.05) is 18.2 Å². The molecule has 1 aliphatic heterocycles. The van der Waals surface area contributed by atoms with E-state index in [1.807, 2.05) is 18.2 Å². The summed E-state index contributed by atoms with van der Waals surface area (Å²) in [4.78, 5) is 25.8. The molecule has 3 heterocycles. The van der Waals surface area contributed by atoms with Crippen LogP contribution in [-0.4, -0.2) is 43.5 Å². The van der Waals surface area contributed by atoms with Gasteiger partial charge < -0.3 is 15.0 Å². The quantitative estimate of drug-likeness (QED) is 0.752. The van der Waals surface area contributed by atoms with E-state index in [1.165, 1.54) is 24.2 Å². The van der Waals surface area contributed by atoms with Crippen molar-refractivity contribution in [3.8, 4) is 0 Å². The van der Waals surface area contributed by atoms with E-state index in [4.69, 9.17) is 0 Å². The van der Waals surface area contributed by atoms with Crippen LogP contribution >= 0.6 is 0 Å². The van der Waals surface area contributed by atoms with Gasteiger partial charge in [0.25, 0.3) is 5.91 Å². The largest absolute Gasteiger partial charge is 0.394 e. The summed E-state index contributed by atoms with van der Waals surface area (Å²) in [5.74, 6) is -0.207. The summed E-state index contributed by atoms with van der Waals surface area (Å²) in [6.45, 7) is 0.357. The number of hydrogen-bond donors (Lipinski definition) is 2. The van der Waals surface area contributed by atoms with Gasteiger partial charge in [-0.25, -0.2) is 4.98 Å². The molecule has 116 valence electrons. The molecule has 0 saturated carbocycles. The fraction of sp³-hybridized carbons (Fsp3) is 0.235. The maximum absolute atomic E-state index is 12.7. The fourth-order valence-corrected chi connectivity index (χ4v) is 3.23. The van der Waals surface area contributed by atoms with Crippen LogP contribution < -0.4 is 0 Å². The van der Waals surface area contributed by atoms with Gasteiger partial charge in [0, 0.05) is 29.0 Å². The highest BCUT2D eigenvalue weighted by molar-refractivity contribution is 5.93. The lowest BCUT2D eigenvalue weighted by molar-refractivity contribution is 0.0535. The molecule has 23 heavy (non-hydrogen) atoms. The van der Waals surface area contributed by atoms with Crippen molar-refractivity contribution in [2.45, 2.75) is 19.0 Å². The Morgan fingerprint density at radius 1 is 1.35 bits per heavy atom. The molecule has 1 atom stereocenters. The molecule has 1 aliphatic rings. The molecule has 0 bridgehead atoms. The van der Waals surface area contributed by atoms with E-state index in [-0.39, 0.29) is 18.6 Å². The van der Waals surface area contributed by atoms with Crippen LogP contribution in [0.4, 0.5) is 0 Å². The molecule has 0 spiro atoms. The highest BCUT2D eigenvalue weighted by Gasteiger charge is 2.32. The number of carbonyl (C=O) groups is 1. The highest BCUT2D eigenvalue weighted by Crippen LogP contribution is 2.30. The van der Waals surface area contributed by atoms with E-state index >= 15 is 0 Å². The van der Waals surface area contributed by atoms with Crippen molar-refractivity contribution in [1.82, 2.24) is 19.9 Å². The Kier molecular flexibility index (Phi) is 3.31. The minimum atomic E-state index is -0.254. The SMILES string of the molecule is O=C(c1cnccn1)N1Cc2[nH]c3ccccc3c2CC1CO. The van der Waals surface area contributed by atoms with Crippen LogP contribution in [0.2, 0.25) is 0 Å². The fourth-order valence-electron chi connectivity index (χ4n) is 3.23. The predicted molar refractivity (Wildman–Crippen MR) is 84.8 cm³/mol. The molecule has 6 nitrogen and oxygen atoms in total. The van der Waals surface area contributed by atoms with Crippen LogP contribution in [0, 0.1) is 0 Å². The summed E-state index contributed by atoms with van der Waals surface area (Å²) in [5.41, 5.74) is 3.56. The Morgan fingerprint density at radius 2 is 2.22 bits per heavy atom. The van der Waals surface area contributed by atoms with Crippen molar-refractivity contribution >= 4 is 16.8 Å². The van der Waals surface area contributed by atoms with Crippen molar-refractivity contribution in [2.75, 3.05) is 6.61 Å². The first-order valence-corrected chi connectivity index (χ1v) is 7.54. The Bertz CT molecular complexity index is 859. The lowest BCUT2D eigenvalue weighted by Crippen LogP contribution is -2.46. The molecule has 0 aliphatic carbocycles. The highest BCUT2D eigenvalue weighted by atomic mass is 16.3. The second-order valence-corrected chi connectivity index (χ2v) is 5.69. The topological polar surface area (TPSA) is 82.1 Å². The number of aromatic nitrogens is 3. The van der Waals surface area contributed by atoms with Crippen LogP contribution in [0.5, 0.6) is 0 Å². The van der Waals surface area contributed by atoms with Crippen molar-refractivity contribution in [1.29, 1.82) is 0 Å². The van der Waals surface area contributed by atoms with Crippen molar-refractivity contribution in [2.24, 2.45) is 0 Å². The summed E-state index contributed by atoms with van der Waals surface area (Å²) in [6, 6.07) is 7.82. The minimum Gasteiger partial charge on any atom is -0.394 e. The van der Waals surface area contributed by atoms with Crippen molar-refractivity contribution in [3.05, 3.63) is 59.8 Å². The van der Waals surface area contributed by atoms with E-state index in [0.717, 1.165) is 16.6 Å². The number of benzene rings is 1. The number of para-hydroxylation sites is 1. The normalized spacial score (nSPS) is 17.3. The summed E-state index contributed by atoms with van der Waals surface area (Å²) in [7, 11) is 0. The first kappa shape index (κ1) is 13.9. The van der Waals surface area contributed by atoms with Crippen LogP contribution in [0.1, 0.15) is 21.7 Å². The van der Waals surface area contributed by atoms with E-state index < -0.39 is 0 Å². The number of hydrogen-bond acceptors (Lipinski definition) is 4. The minimum absolute atomic E-state index is 0.0784. The summed E-state index contributed by atoms with van der Waals surface area (Å²) < 4.78 is 0. The average molecular weight is 308 g/mol. The third-order valence-corrected chi connectivity index (χ3v) is 4.36. The van der Waals surface area contributed by atoms with E-state index in [2.05, 4.69) is 21.0 Å². The Labute approximate surface area is 132 Å². The molecular weight excluding hydrogens is 292 g/mol. The number of aromatic amines is 1. The first-order valence-electron chi connectivity index (χ1n) is 7.54. The molecule has 1 amide bonds. The number of fused-ring (bicyclic) bond motifs is 3. The second-order valence-electron chi connectivity index (χ2n) is 5.69. The lowest BCUT2D eigenvalue weighted by Gasteiger charge is -2.34. The third-order valence-electron chi connectivity index (χ3n) is 4.36. The van der Waals surface area contributed by atoms with Gasteiger partial charge in [-0.15, -0.1) is 0 Å². The molecular formula is C17H16N4O2. The molecule has 2 aromatic heterocycles. The Balaban J connectivity index is 1.73. The molecule has 0 radical (unpaired) electrons. The van der Waals surface area contributed by atoms with Gasteiger partial charge in [0.15, 0.2) is 0 Å². The molecule has 3 aromatic rings. The molecule has 6 heteroatoms. The molecule has 2 N–H and O–H groups in total. The van der Waals surface area contributed by atoms with Crippen LogP contribution in [0.25, 0.3) is 10.9 Å². The standard InChI is InChI=1S/C17H16N4O2/c22-10-11-7-13-12-3-1-2-4-14(12)20-16(13)9-21(11)17(23)15-8-18-5-6-19-15/h1-6,8,11,20,22H,7,9-10H2. The third kappa shape index (κ3) is 2.27. The Hall–Kier alpha value is -2.73. The van der Waals surface area contributed by atoms with Crippen molar-refractivity contribution < 1.29 is 9.90 Å². The van der Waals surface area contributed by atoms with E-state index in [1.54, 1.807) is 4.90 Å². The summed E-state index contributed by atoms with van der Waals surface area (Å²) in [6.07, 6.45) is 5.12. The molecule has 1 unspecified atom stereocenters. The van der Waals surface area contributed by atoms with Gasteiger partial charge in [0.1, 0.15) is 5.69 Å². The average Bonchev–Trinajstić information content (AvgIpc) is 2.98. The monoisotopic (exact) mass is 308 g/mol. The van der Waals surface area contributed by atoms with Gasteiger partial charge >= 0.3 is 0 Å². The van der Waals surface area contributed by atoms with Crippen LogP contribution in [-0.2, 0) is 13.0 Å². The number of rotatable bonds is 2. The molecule has 4 rings (SSSR count).